The molecule has 0 amide bonds. The number of anilines is 2. The molecule has 0 N–H and O–H groups in total. The van der Waals surface area contributed by atoms with Crippen LogP contribution in [0.25, 0.3) is 44.2 Å². The fourth-order valence-corrected chi connectivity index (χ4v) is 4.98. The van der Waals surface area contributed by atoms with Gasteiger partial charge in [0, 0.05) is 7.05 Å². The standard InChI is InChI=1S/C35H25F2N/c1-38(34-14-8-7-13-32(34)36)35-23-31(26-10-3-2-4-11-26)30(22-33(35)37)27-18-15-25(16-19-27)29-20-17-24-9-5-6-12-28(24)21-29/h2-23H,1H3. The summed E-state index contributed by atoms with van der Waals surface area (Å²) in [7, 11) is 1.68. The molecular formula is C35H25F2N. The Labute approximate surface area is 221 Å². The maximum Gasteiger partial charge on any atom is 0.147 e. The number of fused-ring (bicyclic) bond motifs is 1. The van der Waals surface area contributed by atoms with Crippen LogP contribution in [-0.2, 0) is 0 Å². The van der Waals surface area contributed by atoms with Crippen molar-refractivity contribution in [2.75, 3.05) is 11.9 Å². The number of rotatable bonds is 5. The third-order valence-corrected chi connectivity index (χ3v) is 7.03. The van der Waals surface area contributed by atoms with Crippen molar-refractivity contribution in [1.82, 2.24) is 0 Å². The number of benzene rings is 6. The molecular weight excluding hydrogens is 472 g/mol. The van der Waals surface area contributed by atoms with Gasteiger partial charge in [0.15, 0.2) is 0 Å². The minimum absolute atomic E-state index is 0.311. The van der Waals surface area contributed by atoms with E-state index in [1.807, 2.05) is 60.7 Å². The van der Waals surface area contributed by atoms with E-state index in [-0.39, 0.29) is 0 Å². The van der Waals surface area contributed by atoms with Crippen LogP contribution in [-0.4, -0.2) is 7.05 Å². The summed E-state index contributed by atoms with van der Waals surface area (Å²) in [5, 5.41) is 2.40. The molecule has 0 aliphatic rings. The lowest BCUT2D eigenvalue weighted by atomic mass is 9.92. The highest BCUT2D eigenvalue weighted by Crippen LogP contribution is 2.39. The number of halogens is 2. The van der Waals surface area contributed by atoms with Crippen molar-refractivity contribution < 1.29 is 8.78 Å². The van der Waals surface area contributed by atoms with E-state index < -0.39 is 11.6 Å². The van der Waals surface area contributed by atoms with Crippen LogP contribution in [0.3, 0.4) is 0 Å². The lowest BCUT2D eigenvalue weighted by Crippen LogP contribution is -2.13. The predicted octanol–water partition coefficient (Wildman–Crippen LogP) is 9.89. The molecule has 6 aromatic carbocycles. The Bertz CT molecular complexity index is 1740. The highest BCUT2D eigenvalue weighted by Gasteiger charge is 2.18. The molecule has 0 saturated heterocycles. The second-order valence-corrected chi connectivity index (χ2v) is 9.36. The average Bonchev–Trinajstić information content (AvgIpc) is 2.97. The van der Waals surface area contributed by atoms with Gasteiger partial charge in [0.2, 0.25) is 0 Å². The SMILES string of the molecule is CN(c1ccccc1F)c1cc(-c2ccccc2)c(-c2ccc(-c3ccc4ccccc4c3)cc2)cc1F. The van der Waals surface area contributed by atoms with Crippen molar-refractivity contribution >= 4 is 22.1 Å². The van der Waals surface area contributed by atoms with Gasteiger partial charge in [-0.2, -0.15) is 0 Å². The van der Waals surface area contributed by atoms with Crippen molar-refractivity contribution in [3.63, 3.8) is 0 Å². The summed E-state index contributed by atoms with van der Waals surface area (Å²) < 4.78 is 30.2. The quantitative estimate of drug-likeness (QED) is 0.229. The summed E-state index contributed by atoms with van der Waals surface area (Å²) in [6.45, 7) is 0. The van der Waals surface area contributed by atoms with Crippen molar-refractivity contribution in [2.24, 2.45) is 0 Å². The average molecular weight is 498 g/mol. The summed E-state index contributed by atoms with van der Waals surface area (Å²) in [5.74, 6) is -0.812. The van der Waals surface area contributed by atoms with Gasteiger partial charge in [-0.3, -0.25) is 0 Å². The van der Waals surface area contributed by atoms with Crippen LogP contribution in [0.1, 0.15) is 0 Å². The fraction of sp³-hybridized carbons (Fsp3) is 0.0286. The molecule has 0 radical (unpaired) electrons. The van der Waals surface area contributed by atoms with Gasteiger partial charge in [-0.15, -0.1) is 0 Å². The Kier molecular flexibility index (Phi) is 6.19. The van der Waals surface area contributed by atoms with Crippen molar-refractivity contribution in [3.8, 4) is 33.4 Å². The first-order chi connectivity index (χ1) is 18.6. The Morgan fingerprint density at radius 2 is 1.00 bits per heavy atom. The van der Waals surface area contributed by atoms with Gasteiger partial charge in [-0.05, 0) is 74.5 Å². The lowest BCUT2D eigenvalue weighted by molar-refractivity contribution is 0.618. The fourth-order valence-electron chi connectivity index (χ4n) is 4.98. The second kappa shape index (κ2) is 9.95. The molecule has 184 valence electrons. The van der Waals surface area contributed by atoms with Crippen LogP contribution in [0.2, 0.25) is 0 Å². The zero-order chi connectivity index (χ0) is 26.1. The van der Waals surface area contributed by atoms with E-state index in [0.29, 0.717) is 11.4 Å². The Balaban J connectivity index is 1.44. The van der Waals surface area contributed by atoms with E-state index >= 15 is 4.39 Å². The third-order valence-electron chi connectivity index (χ3n) is 7.03. The molecule has 6 rings (SSSR count). The van der Waals surface area contributed by atoms with Crippen molar-refractivity contribution in [2.45, 2.75) is 0 Å². The Hall–Kier alpha value is -4.76. The molecule has 0 heterocycles. The minimum Gasteiger partial charge on any atom is -0.340 e. The van der Waals surface area contributed by atoms with E-state index in [0.717, 1.165) is 33.4 Å². The van der Waals surface area contributed by atoms with Crippen LogP contribution in [0.15, 0.2) is 133 Å². The Morgan fingerprint density at radius 3 is 1.76 bits per heavy atom. The third kappa shape index (κ3) is 4.44. The molecule has 0 spiro atoms. The highest BCUT2D eigenvalue weighted by atomic mass is 19.1. The minimum atomic E-state index is -0.413. The number of hydrogen-bond donors (Lipinski definition) is 0. The molecule has 0 fully saturated rings. The van der Waals surface area contributed by atoms with Gasteiger partial charge in [-0.25, -0.2) is 8.78 Å². The highest BCUT2D eigenvalue weighted by molar-refractivity contribution is 5.89. The van der Waals surface area contributed by atoms with Gasteiger partial charge in [0.05, 0.1) is 11.4 Å². The monoisotopic (exact) mass is 497 g/mol. The zero-order valence-electron chi connectivity index (χ0n) is 20.9. The molecule has 0 aliphatic carbocycles. The number of para-hydroxylation sites is 1. The van der Waals surface area contributed by atoms with Gasteiger partial charge in [-0.1, -0.05) is 103 Å². The van der Waals surface area contributed by atoms with Gasteiger partial charge < -0.3 is 4.90 Å². The summed E-state index contributed by atoms with van der Waals surface area (Å²) in [5.41, 5.74) is 6.39. The number of hydrogen-bond acceptors (Lipinski definition) is 1. The molecule has 6 aromatic rings. The van der Waals surface area contributed by atoms with Crippen LogP contribution in [0.5, 0.6) is 0 Å². The smallest absolute Gasteiger partial charge is 0.147 e. The molecule has 0 saturated carbocycles. The van der Waals surface area contributed by atoms with Gasteiger partial charge in [0.25, 0.3) is 0 Å². The normalized spacial score (nSPS) is 11.0. The van der Waals surface area contributed by atoms with E-state index in [1.54, 1.807) is 36.2 Å². The van der Waals surface area contributed by atoms with Crippen LogP contribution in [0, 0.1) is 11.6 Å². The molecule has 0 aliphatic heterocycles. The van der Waals surface area contributed by atoms with Gasteiger partial charge in [0.1, 0.15) is 11.6 Å². The maximum atomic E-state index is 15.6. The molecule has 1 nitrogen and oxygen atoms in total. The van der Waals surface area contributed by atoms with E-state index in [2.05, 4.69) is 42.5 Å². The summed E-state index contributed by atoms with van der Waals surface area (Å²) in [6.07, 6.45) is 0. The van der Waals surface area contributed by atoms with Crippen LogP contribution in [0.4, 0.5) is 20.2 Å². The lowest BCUT2D eigenvalue weighted by Gasteiger charge is -2.23. The van der Waals surface area contributed by atoms with E-state index in [1.165, 1.54) is 16.8 Å². The molecule has 0 unspecified atom stereocenters. The van der Waals surface area contributed by atoms with E-state index in [9.17, 15) is 4.39 Å². The molecule has 0 aromatic heterocycles. The first-order valence-corrected chi connectivity index (χ1v) is 12.6. The molecule has 0 bridgehead atoms. The molecule has 38 heavy (non-hydrogen) atoms. The summed E-state index contributed by atoms with van der Waals surface area (Å²) in [4.78, 5) is 1.56. The van der Waals surface area contributed by atoms with Crippen LogP contribution < -0.4 is 4.90 Å². The van der Waals surface area contributed by atoms with Gasteiger partial charge >= 0.3 is 0 Å². The zero-order valence-corrected chi connectivity index (χ0v) is 20.9. The Morgan fingerprint density at radius 1 is 0.421 bits per heavy atom. The first-order valence-electron chi connectivity index (χ1n) is 12.6. The van der Waals surface area contributed by atoms with Crippen LogP contribution >= 0.6 is 0 Å². The number of nitrogens with zero attached hydrogens (tertiary/aromatic N) is 1. The van der Waals surface area contributed by atoms with Crippen molar-refractivity contribution in [3.05, 3.63) is 145 Å². The topological polar surface area (TPSA) is 3.24 Å². The predicted molar refractivity (Wildman–Crippen MR) is 155 cm³/mol. The van der Waals surface area contributed by atoms with Crippen molar-refractivity contribution in [1.29, 1.82) is 0 Å². The van der Waals surface area contributed by atoms with E-state index in [4.69, 9.17) is 0 Å². The maximum absolute atomic E-state index is 15.6. The molecule has 3 heteroatoms. The largest absolute Gasteiger partial charge is 0.340 e. The molecule has 0 atom stereocenters. The summed E-state index contributed by atoms with van der Waals surface area (Å²) >= 11 is 0. The second-order valence-electron chi connectivity index (χ2n) is 9.36. The first kappa shape index (κ1) is 23.6. The summed E-state index contributed by atoms with van der Waals surface area (Å²) in [6, 6.07) is 42.6.